The molecule has 5 aromatic rings. The summed E-state index contributed by atoms with van der Waals surface area (Å²) in [6.07, 6.45) is 6.77. The fourth-order valence-corrected chi connectivity index (χ4v) is 6.29. The van der Waals surface area contributed by atoms with E-state index >= 15 is 0 Å². The van der Waals surface area contributed by atoms with Gasteiger partial charge in [0, 0.05) is 36.8 Å². The Kier molecular flexibility index (Phi) is 7.57. The SMILES string of the molecule is N#CCCC(Nc1c(C#N)cnc2c(Cl)cc(NC(c3cn(C4CC4)nn3)c3cccc4c3CNC4)cc12)c1ccccc1. The van der Waals surface area contributed by atoms with Gasteiger partial charge in [-0.2, -0.15) is 10.5 Å². The van der Waals surface area contributed by atoms with Crippen molar-refractivity contribution in [3.8, 4) is 12.1 Å². The molecule has 2 aromatic heterocycles. The summed E-state index contributed by atoms with van der Waals surface area (Å²) in [4.78, 5) is 4.56. The highest BCUT2D eigenvalue weighted by Gasteiger charge is 2.29. The zero-order valence-corrected chi connectivity index (χ0v) is 24.7. The van der Waals surface area contributed by atoms with Crippen LogP contribution in [0.25, 0.3) is 10.9 Å². The summed E-state index contributed by atoms with van der Waals surface area (Å²) in [6.45, 7) is 1.62. The Morgan fingerprint density at radius 2 is 1.91 bits per heavy atom. The third kappa shape index (κ3) is 5.44. The Morgan fingerprint density at radius 1 is 1.05 bits per heavy atom. The van der Waals surface area contributed by atoms with Crippen LogP contribution in [0.5, 0.6) is 0 Å². The quantitative estimate of drug-likeness (QED) is 0.157. The molecule has 7 rings (SSSR count). The second kappa shape index (κ2) is 12.0. The van der Waals surface area contributed by atoms with Crippen LogP contribution in [0.2, 0.25) is 5.02 Å². The first-order valence-corrected chi connectivity index (χ1v) is 15.2. The largest absolute Gasteiger partial charge is 0.377 e. The number of aromatic nitrogens is 4. The first kappa shape index (κ1) is 27.8. The third-order valence-corrected chi connectivity index (χ3v) is 8.69. The molecule has 0 spiro atoms. The number of nitriles is 2. The number of nitrogens with one attached hydrogen (secondary N) is 3. The van der Waals surface area contributed by atoms with Gasteiger partial charge in [0.2, 0.25) is 0 Å². The standard InChI is InChI=1S/C34H30ClN9/c35-29-15-24(40-34(31-20-44(43-42-31)25-11-12-25)26-9-4-8-22-17-38-19-28(22)26)14-27-32(23(16-37)18-39-33(27)29)41-30(10-5-13-36)21-6-2-1-3-7-21/h1-4,6-9,14-15,18,20,25,30,34,38,40H,5,10-12,17,19H2,(H,39,41). The van der Waals surface area contributed by atoms with Gasteiger partial charge in [-0.05, 0) is 53.6 Å². The summed E-state index contributed by atoms with van der Waals surface area (Å²) < 4.78 is 1.97. The highest BCUT2D eigenvalue weighted by Crippen LogP contribution is 2.39. The molecule has 3 heterocycles. The average Bonchev–Trinajstić information content (AvgIpc) is 3.57. The second-order valence-corrected chi connectivity index (χ2v) is 11.7. The van der Waals surface area contributed by atoms with Crippen molar-refractivity contribution in [2.24, 2.45) is 0 Å². The van der Waals surface area contributed by atoms with Crippen LogP contribution in [0.1, 0.15) is 77.3 Å². The summed E-state index contributed by atoms with van der Waals surface area (Å²) in [5.41, 5.74) is 7.93. The van der Waals surface area contributed by atoms with E-state index in [1.54, 1.807) is 6.20 Å². The molecule has 44 heavy (non-hydrogen) atoms. The van der Waals surface area contributed by atoms with Gasteiger partial charge in [0.25, 0.3) is 0 Å². The molecule has 0 saturated heterocycles. The van der Waals surface area contributed by atoms with Gasteiger partial charge < -0.3 is 16.0 Å². The van der Waals surface area contributed by atoms with E-state index in [9.17, 15) is 10.5 Å². The van der Waals surface area contributed by atoms with E-state index in [1.165, 1.54) is 11.1 Å². The molecule has 1 saturated carbocycles. The topological polar surface area (TPSA) is 127 Å². The van der Waals surface area contributed by atoms with Gasteiger partial charge in [-0.3, -0.25) is 4.98 Å². The van der Waals surface area contributed by atoms with Crippen molar-refractivity contribution >= 4 is 33.9 Å². The lowest BCUT2D eigenvalue weighted by molar-refractivity contribution is 0.610. The molecular weight excluding hydrogens is 570 g/mol. The first-order valence-electron chi connectivity index (χ1n) is 14.8. The fourth-order valence-electron chi connectivity index (χ4n) is 6.02. The molecule has 2 aliphatic rings. The monoisotopic (exact) mass is 599 g/mol. The predicted octanol–water partition coefficient (Wildman–Crippen LogP) is 6.95. The molecule has 1 aliphatic heterocycles. The van der Waals surface area contributed by atoms with E-state index in [4.69, 9.17) is 11.6 Å². The molecule has 0 bridgehead atoms. The molecule has 0 radical (unpaired) electrons. The number of hydrogen-bond acceptors (Lipinski definition) is 8. The van der Waals surface area contributed by atoms with Crippen molar-refractivity contribution in [2.45, 2.75) is 56.9 Å². The maximum Gasteiger partial charge on any atom is 0.109 e. The zero-order valence-electron chi connectivity index (χ0n) is 24.0. The second-order valence-electron chi connectivity index (χ2n) is 11.3. The molecule has 2 unspecified atom stereocenters. The maximum absolute atomic E-state index is 10.1. The molecule has 3 aromatic carbocycles. The van der Waals surface area contributed by atoms with Gasteiger partial charge in [-0.15, -0.1) is 5.10 Å². The predicted molar refractivity (Wildman–Crippen MR) is 170 cm³/mol. The van der Waals surface area contributed by atoms with Crippen molar-refractivity contribution in [3.05, 3.63) is 112 Å². The van der Waals surface area contributed by atoms with E-state index < -0.39 is 0 Å². The number of hydrogen-bond donors (Lipinski definition) is 3. The van der Waals surface area contributed by atoms with Gasteiger partial charge in [0.05, 0.1) is 52.2 Å². The van der Waals surface area contributed by atoms with E-state index in [1.807, 2.05) is 53.3 Å². The molecule has 1 aliphatic carbocycles. The number of nitrogens with zero attached hydrogens (tertiary/aromatic N) is 6. The van der Waals surface area contributed by atoms with Crippen LogP contribution < -0.4 is 16.0 Å². The lowest BCUT2D eigenvalue weighted by atomic mass is 9.95. The zero-order chi connectivity index (χ0) is 30.0. The van der Waals surface area contributed by atoms with Crippen molar-refractivity contribution in [1.29, 1.82) is 10.5 Å². The molecule has 218 valence electrons. The number of fused-ring (bicyclic) bond motifs is 2. The summed E-state index contributed by atoms with van der Waals surface area (Å²) in [5.74, 6) is 0. The van der Waals surface area contributed by atoms with Gasteiger partial charge in [0.15, 0.2) is 0 Å². The molecule has 9 nitrogen and oxygen atoms in total. The molecule has 1 fully saturated rings. The normalized spacial score (nSPS) is 15.2. The summed E-state index contributed by atoms with van der Waals surface area (Å²) >= 11 is 6.89. The molecule has 10 heteroatoms. The van der Waals surface area contributed by atoms with Crippen LogP contribution >= 0.6 is 11.6 Å². The Labute approximate surface area is 260 Å². The van der Waals surface area contributed by atoms with Crippen molar-refractivity contribution in [2.75, 3.05) is 10.6 Å². The van der Waals surface area contributed by atoms with E-state index in [-0.39, 0.29) is 12.1 Å². The number of halogens is 1. The van der Waals surface area contributed by atoms with Crippen molar-refractivity contribution in [3.63, 3.8) is 0 Å². The van der Waals surface area contributed by atoms with Gasteiger partial charge >= 0.3 is 0 Å². The molecule has 0 amide bonds. The number of benzene rings is 3. The minimum Gasteiger partial charge on any atom is -0.377 e. The summed E-state index contributed by atoms with van der Waals surface area (Å²) in [7, 11) is 0. The molecule has 2 atom stereocenters. The first-order chi connectivity index (χ1) is 21.6. The summed E-state index contributed by atoms with van der Waals surface area (Å²) in [5, 5.41) is 40.5. The summed E-state index contributed by atoms with van der Waals surface area (Å²) in [6, 6.07) is 24.7. The van der Waals surface area contributed by atoms with E-state index in [0.717, 1.165) is 53.8 Å². The Morgan fingerprint density at radius 3 is 2.70 bits per heavy atom. The third-order valence-electron chi connectivity index (χ3n) is 8.40. The van der Waals surface area contributed by atoms with Gasteiger partial charge in [0.1, 0.15) is 11.8 Å². The lowest BCUT2D eigenvalue weighted by Crippen LogP contribution is -2.16. The van der Waals surface area contributed by atoms with Crippen molar-refractivity contribution in [1.82, 2.24) is 25.3 Å². The van der Waals surface area contributed by atoms with E-state index in [2.05, 4.69) is 61.6 Å². The average molecular weight is 600 g/mol. The number of rotatable bonds is 10. The number of pyridine rings is 1. The lowest BCUT2D eigenvalue weighted by Gasteiger charge is -2.23. The minimum absolute atomic E-state index is 0.187. The minimum atomic E-state index is -0.276. The van der Waals surface area contributed by atoms with Gasteiger partial charge in [-0.1, -0.05) is 65.3 Å². The molecular formula is C34H30ClN9. The highest BCUT2D eigenvalue weighted by molar-refractivity contribution is 6.35. The van der Waals surface area contributed by atoms with Crippen LogP contribution in [0.3, 0.4) is 0 Å². The smallest absolute Gasteiger partial charge is 0.109 e. The Balaban J connectivity index is 1.32. The van der Waals surface area contributed by atoms with Crippen LogP contribution in [0.4, 0.5) is 11.4 Å². The van der Waals surface area contributed by atoms with Crippen molar-refractivity contribution < 1.29 is 0 Å². The number of anilines is 2. The van der Waals surface area contributed by atoms with Crippen LogP contribution in [0, 0.1) is 22.7 Å². The fraction of sp³-hybridized carbons (Fsp3) is 0.265. The maximum atomic E-state index is 10.1. The van der Waals surface area contributed by atoms with Crippen LogP contribution in [-0.4, -0.2) is 20.0 Å². The van der Waals surface area contributed by atoms with Crippen LogP contribution in [-0.2, 0) is 13.1 Å². The Bertz CT molecular complexity index is 1920. The van der Waals surface area contributed by atoms with E-state index in [0.29, 0.717) is 40.7 Å². The van der Waals surface area contributed by atoms with Crippen LogP contribution in [0.15, 0.2) is 73.1 Å². The Hall–Kier alpha value is -4.96. The van der Waals surface area contributed by atoms with Gasteiger partial charge in [-0.25, -0.2) is 4.68 Å². The highest BCUT2D eigenvalue weighted by atomic mass is 35.5. The molecule has 3 N–H and O–H groups in total.